The molecule has 0 fully saturated rings. The van der Waals surface area contributed by atoms with Gasteiger partial charge in [-0.2, -0.15) is 5.10 Å². The van der Waals surface area contributed by atoms with E-state index < -0.39 is 0 Å². The number of rotatable bonds is 3. The molecule has 0 aliphatic rings. The molecule has 16 heavy (non-hydrogen) atoms. The summed E-state index contributed by atoms with van der Waals surface area (Å²) in [6.45, 7) is 4.16. The summed E-state index contributed by atoms with van der Waals surface area (Å²) < 4.78 is 2.68. The van der Waals surface area contributed by atoms with Gasteiger partial charge in [-0.25, -0.2) is 0 Å². The third-order valence-electron chi connectivity index (χ3n) is 2.63. The van der Waals surface area contributed by atoms with E-state index in [1.807, 2.05) is 30.9 Å². The van der Waals surface area contributed by atoms with Crippen LogP contribution in [0.5, 0.6) is 0 Å². The van der Waals surface area contributed by atoms with Crippen LogP contribution in [0, 0.1) is 6.92 Å². The van der Waals surface area contributed by atoms with Gasteiger partial charge < -0.3 is 5.32 Å². The third kappa shape index (κ3) is 2.23. The van der Waals surface area contributed by atoms with E-state index in [4.69, 9.17) is 11.6 Å². The number of nitrogens with zero attached hydrogens (tertiary/aromatic N) is 2. The summed E-state index contributed by atoms with van der Waals surface area (Å²) in [6, 6.07) is 4.23. The second-order valence-corrected chi connectivity index (χ2v) is 5.52. The van der Waals surface area contributed by atoms with Crippen molar-refractivity contribution in [2.75, 3.05) is 5.32 Å². The first-order chi connectivity index (χ1) is 7.58. The smallest absolute Gasteiger partial charge is 0.0932 e. The average Bonchev–Trinajstić information content (AvgIpc) is 2.79. The molecule has 2 rings (SSSR count). The van der Waals surface area contributed by atoms with Crippen molar-refractivity contribution in [3.63, 3.8) is 0 Å². The van der Waals surface area contributed by atoms with Crippen LogP contribution in [-0.2, 0) is 7.05 Å². The fourth-order valence-corrected chi connectivity index (χ4v) is 2.57. The Morgan fingerprint density at radius 1 is 1.50 bits per heavy atom. The van der Waals surface area contributed by atoms with Crippen LogP contribution in [0.15, 0.2) is 18.3 Å². The molecular formula is C11H14ClN3S. The third-order valence-corrected chi connectivity index (χ3v) is 4.04. The zero-order chi connectivity index (χ0) is 11.7. The SMILES string of the molecule is Cc1c(NC(C)c2ccc(Cl)s2)cnn1C. The lowest BCUT2D eigenvalue weighted by molar-refractivity contribution is 0.739. The van der Waals surface area contributed by atoms with Crippen LogP contribution < -0.4 is 5.32 Å². The first-order valence-electron chi connectivity index (χ1n) is 5.08. The van der Waals surface area contributed by atoms with Gasteiger partial charge in [-0.15, -0.1) is 11.3 Å². The quantitative estimate of drug-likeness (QED) is 0.908. The monoisotopic (exact) mass is 255 g/mol. The molecule has 0 saturated heterocycles. The van der Waals surface area contributed by atoms with Gasteiger partial charge in [0.1, 0.15) is 0 Å². The average molecular weight is 256 g/mol. The van der Waals surface area contributed by atoms with Crippen molar-refractivity contribution >= 4 is 28.6 Å². The molecule has 0 radical (unpaired) electrons. The number of nitrogens with one attached hydrogen (secondary N) is 1. The predicted octanol–water partition coefficient (Wildman–Crippen LogP) is 3.62. The van der Waals surface area contributed by atoms with Gasteiger partial charge in [-0.3, -0.25) is 4.68 Å². The maximum Gasteiger partial charge on any atom is 0.0932 e. The standard InChI is InChI=1S/C11H14ClN3S/c1-7(10-4-5-11(12)16-10)14-9-6-13-15(3)8(9)2/h4-7,14H,1-3H3. The minimum Gasteiger partial charge on any atom is -0.375 e. The number of halogens is 1. The summed E-state index contributed by atoms with van der Waals surface area (Å²) in [5.74, 6) is 0. The zero-order valence-corrected chi connectivity index (χ0v) is 11.1. The van der Waals surface area contributed by atoms with E-state index in [-0.39, 0.29) is 6.04 Å². The maximum absolute atomic E-state index is 5.92. The summed E-state index contributed by atoms with van der Waals surface area (Å²) in [7, 11) is 1.94. The molecule has 0 saturated carbocycles. The molecule has 0 aliphatic carbocycles. The van der Waals surface area contributed by atoms with Crippen LogP contribution in [0.3, 0.4) is 0 Å². The minimum atomic E-state index is 0.250. The van der Waals surface area contributed by atoms with Gasteiger partial charge in [0.25, 0.3) is 0 Å². The van der Waals surface area contributed by atoms with Crippen molar-refractivity contribution in [2.24, 2.45) is 7.05 Å². The predicted molar refractivity (Wildman–Crippen MR) is 69.3 cm³/mol. The van der Waals surface area contributed by atoms with Gasteiger partial charge in [-0.1, -0.05) is 11.6 Å². The lowest BCUT2D eigenvalue weighted by Gasteiger charge is -2.12. The molecule has 0 aromatic carbocycles. The zero-order valence-electron chi connectivity index (χ0n) is 9.49. The fourth-order valence-electron chi connectivity index (χ4n) is 1.51. The highest BCUT2D eigenvalue weighted by Crippen LogP contribution is 2.29. The van der Waals surface area contributed by atoms with E-state index in [0.717, 1.165) is 15.7 Å². The Bertz CT molecular complexity index is 489. The Morgan fingerprint density at radius 2 is 2.25 bits per heavy atom. The summed E-state index contributed by atoms with van der Waals surface area (Å²) in [5, 5.41) is 7.63. The Labute approximate surface area is 104 Å². The Kier molecular flexibility index (Phi) is 3.21. The number of anilines is 1. The Morgan fingerprint density at radius 3 is 2.75 bits per heavy atom. The van der Waals surface area contributed by atoms with E-state index in [0.29, 0.717) is 0 Å². The Hall–Kier alpha value is -1.00. The summed E-state index contributed by atoms with van der Waals surface area (Å²) >= 11 is 7.52. The largest absolute Gasteiger partial charge is 0.375 e. The van der Waals surface area contributed by atoms with Crippen LogP contribution in [0.2, 0.25) is 4.34 Å². The highest BCUT2D eigenvalue weighted by Gasteiger charge is 2.11. The molecule has 0 spiro atoms. The van der Waals surface area contributed by atoms with E-state index in [1.165, 1.54) is 4.88 Å². The van der Waals surface area contributed by atoms with Gasteiger partial charge in [-0.05, 0) is 26.0 Å². The van der Waals surface area contributed by atoms with Crippen molar-refractivity contribution in [3.05, 3.63) is 33.2 Å². The lowest BCUT2D eigenvalue weighted by Crippen LogP contribution is -2.05. The molecule has 1 N–H and O–H groups in total. The van der Waals surface area contributed by atoms with Crippen LogP contribution in [0.25, 0.3) is 0 Å². The molecular weight excluding hydrogens is 242 g/mol. The van der Waals surface area contributed by atoms with Gasteiger partial charge in [0.2, 0.25) is 0 Å². The van der Waals surface area contributed by atoms with Crippen molar-refractivity contribution in [2.45, 2.75) is 19.9 Å². The lowest BCUT2D eigenvalue weighted by atomic mass is 10.2. The molecule has 2 aromatic rings. The highest BCUT2D eigenvalue weighted by atomic mass is 35.5. The second-order valence-electron chi connectivity index (χ2n) is 3.78. The molecule has 86 valence electrons. The first kappa shape index (κ1) is 11.5. The molecule has 3 nitrogen and oxygen atoms in total. The van der Waals surface area contributed by atoms with E-state index >= 15 is 0 Å². The number of aromatic nitrogens is 2. The summed E-state index contributed by atoms with van der Waals surface area (Å²) in [6.07, 6.45) is 1.85. The van der Waals surface area contributed by atoms with Crippen LogP contribution in [0.1, 0.15) is 23.5 Å². The highest BCUT2D eigenvalue weighted by molar-refractivity contribution is 7.16. The van der Waals surface area contributed by atoms with Crippen molar-refractivity contribution in [3.8, 4) is 0 Å². The van der Waals surface area contributed by atoms with Gasteiger partial charge >= 0.3 is 0 Å². The fraction of sp³-hybridized carbons (Fsp3) is 0.364. The number of aryl methyl sites for hydroxylation is 1. The molecule has 2 aromatic heterocycles. The van der Waals surface area contributed by atoms with Crippen molar-refractivity contribution in [1.82, 2.24) is 9.78 Å². The van der Waals surface area contributed by atoms with Crippen molar-refractivity contribution < 1.29 is 0 Å². The molecule has 2 heterocycles. The Balaban J connectivity index is 2.13. The van der Waals surface area contributed by atoms with Gasteiger partial charge in [0.15, 0.2) is 0 Å². The molecule has 0 amide bonds. The summed E-state index contributed by atoms with van der Waals surface area (Å²) in [5.41, 5.74) is 2.20. The summed E-state index contributed by atoms with van der Waals surface area (Å²) in [4.78, 5) is 1.23. The molecule has 1 atom stereocenters. The van der Waals surface area contributed by atoms with Gasteiger partial charge in [0, 0.05) is 11.9 Å². The van der Waals surface area contributed by atoms with E-state index in [9.17, 15) is 0 Å². The number of hydrogen-bond acceptors (Lipinski definition) is 3. The second kappa shape index (κ2) is 4.47. The van der Waals surface area contributed by atoms with Crippen molar-refractivity contribution in [1.29, 1.82) is 0 Å². The van der Waals surface area contributed by atoms with Crippen LogP contribution in [0.4, 0.5) is 5.69 Å². The molecule has 5 heteroatoms. The number of hydrogen-bond donors (Lipinski definition) is 1. The van der Waals surface area contributed by atoms with E-state index in [1.54, 1.807) is 11.3 Å². The van der Waals surface area contributed by atoms with E-state index in [2.05, 4.69) is 23.4 Å². The molecule has 0 aliphatic heterocycles. The minimum absolute atomic E-state index is 0.250. The first-order valence-corrected chi connectivity index (χ1v) is 6.27. The molecule has 1 unspecified atom stereocenters. The maximum atomic E-state index is 5.92. The normalized spacial score (nSPS) is 12.8. The number of thiophene rings is 1. The molecule has 0 bridgehead atoms. The van der Waals surface area contributed by atoms with Crippen LogP contribution in [-0.4, -0.2) is 9.78 Å². The van der Waals surface area contributed by atoms with Crippen LogP contribution >= 0.6 is 22.9 Å². The topological polar surface area (TPSA) is 29.9 Å². The van der Waals surface area contributed by atoms with Gasteiger partial charge in [0.05, 0.1) is 28.0 Å².